The maximum Gasteiger partial charge on any atom is 0.400 e. The van der Waals surface area contributed by atoms with E-state index in [0.29, 0.717) is 4.90 Å². The standard InChI is InChI=1S/C19H14F3NO4S/c1-12-6-2-5-9-15(12)28(26,27)19(21,22)16(20)10-11-23-17(24)13-7-3-4-8-14(13)18(23)25/h2-10H,11H2,1H3. The summed E-state index contributed by atoms with van der Waals surface area (Å²) < 4.78 is 67.4. The van der Waals surface area contributed by atoms with Crippen LogP contribution in [0, 0.1) is 6.92 Å². The number of hydrogen-bond acceptors (Lipinski definition) is 4. The highest BCUT2D eigenvalue weighted by molar-refractivity contribution is 7.92. The van der Waals surface area contributed by atoms with Crippen LogP contribution < -0.4 is 0 Å². The van der Waals surface area contributed by atoms with E-state index in [1.54, 1.807) is 0 Å². The third-order valence-electron chi connectivity index (χ3n) is 4.33. The Labute approximate surface area is 159 Å². The molecule has 2 amide bonds. The lowest BCUT2D eigenvalue weighted by Gasteiger charge is -2.18. The zero-order chi connectivity index (χ0) is 20.7. The first-order valence-electron chi connectivity index (χ1n) is 8.08. The number of rotatable bonds is 5. The quantitative estimate of drug-likeness (QED) is 0.709. The van der Waals surface area contributed by atoms with E-state index in [4.69, 9.17) is 0 Å². The average molecular weight is 409 g/mol. The van der Waals surface area contributed by atoms with Gasteiger partial charge in [0.1, 0.15) is 0 Å². The molecule has 9 heteroatoms. The number of aryl methyl sites for hydroxylation is 1. The Morgan fingerprint density at radius 3 is 2.04 bits per heavy atom. The second kappa shape index (κ2) is 6.90. The summed E-state index contributed by atoms with van der Waals surface area (Å²) in [6.07, 6.45) is 0.234. The molecule has 0 N–H and O–H groups in total. The number of amides is 2. The SMILES string of the molecule is Cc1ccccc1S(=O)(=O)C(F)(F)C(F)=CCN1C(=O)c2ccccc2C1=O. The van der Waals surface area contributed by atoms with E-state index in [0.717, 1.165) is 6.07 Å². The fraction of sp³-hybridized carbons (Fsp3) is 0.158. The lowest BCUT2D eigenvalue weighted by atomic mass is 10.1. The third kappa shape index (κ3) is 3.01. The zero-order valence-corrected chi connectivity index (χ0v) is 15.3. The molecular formula is C19H14F3NO4S. The maximum absolute atomic E-state index is 14.4. The Kier molecular flexibility index (Phi) is 4.88. The van der Waals surface area contributed by atoms with Gasteiger partial charge in [-0.05, 0) is 36.8 Å². The molecular weight excluding hydrogens is 395 g/mol. The highest BCUT2D eigenvalue weighted by Gasteiger charge is 2.51. The molecule has 0 radical (unpaired) electrons. The van der Waals surface area contributed by atoms with E-state index in [2.05, 4.69) is 0 Å². The Morgan fingerprint density at radius 1 is 1.00 bits per heavy atom. The van der Waals surface area contributed by atoms with Crippen molar-refractivity contribution in [2.45, 2.75) is 17.1 Å². The van der Waals surface area contributed by atoms with Crippen molar-refractivity contribution in [2.75, 3.05) is 6.54 Å². The summed E-state index contributed by atoms with van der Waals surface area (Å²) in [6, 6.07) is 10.8. The number of carbonyl (C=O) groups excluding carboxylic acids is 2. The number of benzene rings is 2. The van der Waals surface area contributed by atoms with E-state index >= 15 is 0 Å². The first kappa shape index (κ1) is 19.8. The van der Waals surface area contributed by atoms with Gasteiger partial charge in [-0.2, -0.15) is 8.78 Å². The number of halogens is 3. The summed E-state index contributed by atoms with van der Waals surface area (Å²) in [5.41, 5.74) is 0.177. The van der Waals surface area contributed by atoms with Crippen LogP contribution in [0.1, 0.15) is 26.3 Å². The second-order valence-electron chi connectivity index (χ2n) is 6.10. The Balaban J connectivity index is 1.89. The van der Waals surface area contributed by atoms with E-state index in [-0.39, 0.29) is 22.8 Å². The zero-order valence-electron chi connectivity index (χ0n) is 14.5. The number of nitrogens with zero attached hydrogens (tertiary/aromatic N) is 1. The van der Waals surface area contributed by atoms with Crippen molar-refractivity contribution in [3.63, 3.8) is 0 Å². The predicted molar refractivity (Wildman–Crippen MR) is 94.3 cm³/mol. The van der Waals surface area contributed by atoms with Gasteiger partial charge in [0.2, 0.25) is 0 Å². The number of fused-ring (bicyclic) bond motifs is 1. The number of alkyl halides is 2. The van der Waals surface area contributed by atoms with Crippen LogP contribution in [0.5, 0.6) is 0 Å². The molecule has 0 spiro atoms. The molecule has 0 saturated heterocycles. The fourth-order valence-corrected chi connectivity index (χ4v) is 4.19. The van der Waals surface area contributed by atoms with Gasteiger partial charge in [-0.25, -0.2) is 12.8 Å². The number of hydrogen-bond donors (Lipinski definition) is 0. The van der Waals surface area contributed by atoms with Gasteiger partial charge in [0.25, 0.3) is 21.7 Å². The molecule has 3 rings (SSSR count). The molecule has 0 aliphatic carbocycles. The minimum atomic E-state index is -5.36. The van der Waals surface area contributed by atoms with Crippen LogP contribution in [0.3, 0.4) is 0 Å². The summed E-state index contributed by atoms with van der Waals surface area (Å²) >= 11 is 0. The Morgan fingerprint density at radius 2 is 1.50 bits per heavy atom. The van der Waals surface area contributed by atoms with Gasteiger partial charge >= 0.3 is 5.25 Å². The van der Waals surface area contributed by atoms with Crippen LogP contribution in [-0.2, 0) is 9.84 Å². The summed E-state index contributed by atoms with van der Waals surface area (Å²) in [7, 11) is -5.36. The van der Waals surface area contributed by atoms with Crippen molar-refractivity contribution < 1.29 is 31.2 Å². The normalized spacial score (nSPS) is 15.1. The summed E-state index contributed by atoms with van der Waals surface area (Å²) in [5, 5.41) is -4.85. The minimum absolute atomic E-state index is 0.0373. The molecule has 2 aromatic carbocycles. The van der Waals surface area contributed by atoms with Crippen LogP contribution in [-0.4, -0.2) is 36.9 Å². The van der Waals surface area contributed by atoms with Crippen LogP contribution >= 0.6 is 0 Å². The fourth-order valence-electron chi connectivity index (χ4n) is 2.82. The smallest absolute Gasteiger partial charge is 0.270 e. The number of sulfone groups is 1. The van der Waals surface area contributed by atoms with Gasteiger partial charge in [-0.1, -0.05) is 30.3 Å². The Hall–Kier alpha value is -2.94. The summed E-state index contributed by atoms with van der Waals surface area (Å²) in [4.78, 5) is 24.2. The third-order valence-corrected chi connectivity index (χ3v) is 6.24. The highest BCUT2D eigenvalue weighted by atomic mass is 32.2. The molecule has 1 aliphatic rings. The van der Waals surface area contributed by atoms with Crippen molar-refractivity contribution in [3.05, 3.63) is 77.1 Å². The van der Waals surface area contributed by atoms with Crippen LogP contribution in [0.25, 0.3) is 0 Å². The van der Waals surface area contributed by atoms with E-state index < -0.39 is 44.2 Å². The van der Waals surface area contributed by atoms with Crippen molar-refractivity contribution >= 4 is 21.7 Å². The summed E-state index contributed by atoms with van der Waals surface area (Å²) in [5.74, 6) is -3.79. The van der Waals surface area contributed by atoms with Crippen LogP contribution in [0.2, 0.25) is 0 Å². The maximum atomic E-state index is 14.4. The highest BCUT2D eigenvalue weighted by Crippen LogP contribution is 2.37. The summed E-state index contributed by atoms with van der Waals surface area (Å²) in [6.45, 7) is 0.487. The molecule has 28 heavy (non-hydrogen) atoms. The average Bonchev–Trinajstić information content (AvgIpc) is 2.90. The second-order valence-corrected chi connectivity index (χ2v) is 8.06. The van der Waals surface area contributed by atoms with Crippen LogP contribution in [0.15, 0.2) is 65.3 Å². The van der Waals surface area contributed by atoms with Crippen molar-refractivity contribution in [3.8, 4) is 0 Å². The molecule has 0 unspecified atom stereocenters. The van der Waals surface area contributed by atoms with Crippen molar-refractivity contribution in [2.24, 2.45) is 0 Å². The molecule has 0 bridgehead atoms. The van der Waals surface area contributed by atoms with E-state index in [1.165, 1.54) is 49.4 Å². The van der Waals surface area contributed by atoms with Gasteiger partial charge in [-0.15, -0.1) is 0 Å². The molecule has 1 aliphatic heterocycles. The van der Waals surface area contributed by atoms with Gasteiger partial charge in [-0.3, -0.25) is 14.5 Å². The molecule has 5 nitrogen and oxygen atoms in total. The minimum Gasteiger partial charge on any atom is -0.270 e. The van der Waals surface area contributed by atoms with Gasteiger partial charge in [0, 0.05) is 0 Å². The van der Waals surface area contributed by atoms with Gasteiger partial charge in [0.15, 0.2) is 5.83 Å². The molecule has 2 aromatic rings. The van der Waals surface area contributed by atoms with Crippen molar-refractivity contribution in [1.29, 1.82) is 0 Å². The van der Waals surface area contributed by atoms with Gasteiger partial charge in [0.05, 0.1) is 22.6 Å². The van der Waals surface area contributed by atoms with Gasteiger partial charge < -0.3 is 0 Å². The van der Waals surface area contributed by atoms with Crippen molar-refractivity contribution in [1.82, 2.24) is 4.90 Å². The first-order chi connectivity index (χ1) is 13.1. The monoisotopic (exact) mass is 409 g/mol. The number of imide groups is 1. The lowest BCUT2D eigenvalue weighted by Crippen LogP contribution is -2.33. The lowest BCUT2D eigenvalue weighted by molar-refractivity contribution is 0.0666. The molecule has 146 valence electrons. The molecule has 0 aromatic heterocycles. The molecule has 0 saturated carbocycles. The molecule has 0 fully saturated rings. The molecule has 1 heterocycles. The number of carbonyl (C=O) groups is 2. The first-order valence-corrected chi connectivity index (χ1v) is 9.57. The largest absolute Gasteiger partial charge is 0.400 e. The van der Waals surface area contributed by atoms with Crippen LogP contribution in [0.4, 0.5) is 13.2 Å². The molecule has 0 atom stereocenters. The topological polar surface area (TPSA) is 71.5 Å². The van der Waals surface area contributed by atoms with E-state index in [9.17, 15) is 31.2 Å². The Bertz CT molecular complexity index is 1070. The predicted octanol–water partition coefficient (Wildman–Crippen LogP) is 3.51. The van der Waals surface area contributed by atoms with E-state index in [1.807, 2.05) is 0 Å².